The first-order valence-electron chi connectivity index (χ1n) is 7.31. The summed E-state index contributed by atoms with van der Waals surface area (Å²) in [5.74, 6) is 0. The van der Waals surface area contributed by atoms with Gasteiger partial charge in [0.1, 0.15) is 0 Å². The molecule has 3 aromatic rings. The number of aliphatic imine (C=N–C) groups is 1. The van der Waals surface area contributed by atoms with Crippen LogP contribution >= 0.6 is 15.9 Å². The normalized spacial score (nSPS) is 12.9. The van der Waals surface area contributed by atoms with Crippen LogP contribution in [0.3, 0.4) is 0 Å². The second kappa shape index (κ2) is 5.54. The molecule has 0 saturated heterocycles. The topological polar surface area (TPSA) is 12.4 Å². The van der Waals surface area contributed by atoms with Gasteiger partial charge in [-0.25, -0.2) is 0 Å². The lowest BCUT2D eigenvalue weighted by atomic mass is 9.92. The van der Waals surface area contributed by atoms with E-state index in [0.29, 0.717) is 6.54 Å². The molecule has 1 heterocycles. The Kier molecular flexibility index (Phi) is 3.39. The molecule has 22 heavy (non-hydrogen) atoms. The first kappa shape index (κ1) is 13.5. The van der Waals surface area contributed by atoms with E-state index in [-0.39, 0.29) is 0 Å². The van der Waals surface area contributed by atoms with Crippen molar-refractivity contribution in [2.75, 3.05) is 0 Å². The summed E-state index contributed by atoms with van der Waals surface area (Å²) in [4.78, 5) is 4.91. The molecule has 0 amide bonds. The summed E-state index contributed by atoms with van der Waals surface area (Å²) in [7, 11) is 0. The van der Waals surface area contributed by atoms with Crippen molar-refractivity contribution in [2.45, 2.75) is 6.54 Å². The Morgan fingerprint density at radius 3 is 2.36 bits per heavy atom. The largest absolute Gasteiger partial charge is 0.279 e. The van der Waals surface area contributed by atoms with Gasteiger partial charge in [-0.05, 0) is 28.8 Å². The lowest BCUT2D eigenvalue weighted by molar-refractivity contribution is 1.08. The standard InChI is InChI=1S/C20H14BrN/c21-16-10-11-18-17-9-5-4-8-15(17)13-22-20(19(18)12-16)14-6-2-1-3-7-14/h1-12H,13H2. The zero-order chi connectivity index (χ0) is 14.9. The van der Waals surface area contributed by atoms with Gasteiger partial charge in [-0.2, -0.15) is 0 Å². The molecule has 0 unspecified atom stereocenters. The summed E-state index contributed by atoms with van der Waals surface area (Å²) in [5, 5.41) is 0. The zero-order valence-electron chi connectivity index (χ0n) is 12.0. The average Bonchev–Trinajstić information content (AvgIpc) is 2.72. The summed E-state index contributed by atoms with van der Waals surface area (Å²) in [6, 6.07) is 25.4. The molecule has 2 heteroatoms. The molecule has 0 N–H and O–H groups in total. The fourth-order valence-electron chi connectivity index (χ4n) is 2.96. The molecule has 0 atom stereocenters. The van der Waals surface area contributed by atoms with Gasteiger partial charge in [0.2, 0.25) is 0 Å². The molecule has 1 nitrogen and oxygen atoms in total. The van der Waals surface area contributed by atoms with Gasteiger partial charge in [-0.1, -0.05) is 76.6 Å². The number of nitrogens with zero attached hydrogens (tertiary/aromatic N) is 1. The Bertz CT molecular complexity index is 866. The van der Waals surface area contributed by atoms with Crippen molar-refractivity contribution in [3.8, 4) is 11.1 Å². The zero-order valence-corrected chi connectivity index (χ0v) is 13.5. The van der Waals surface area contributed by atoms with E-state index in [9.17, 15) is 0 Å². The Balaban J connectivity index is 2.01. The van der Waals surface area contributed by atoms with Crippen LogP contribution in [0.2, 0.25) is 0 Å². The first-order chi connectivity index (χ1) is 10.8. The highest BCUT2D eigenvalue weighted by atomic mass is 79.9. The molecule has 106 valence electrons. The van der Waals surface area contributed by atoms with E-state index in [1.807, 2.05) is 6.07 Å². The van der Waals surface area contributed by atoms with Gasteiger partial charge in [0.15, 0.2) is 0 Å². The highest BCUT2D eigenvalue weighted by Gasteiger charge is 2.18. The number of hydrogen-bond donors (Lipinski definition) is 0. The van der Waals surface area contributed by atoms with E-state index in [1.165, 1.54) is 22.3 Å². The van der Waals surface area contributed by atoms with Gasteiger partial charge in [0.05, 0.1) is 12.3 Å². The van der Waals surface area contributed by atoms with Crippen LogP contribution in [0, 0.1) is 0 Å². The predicted molar refractivity (Wildman–Crippen MR) is 95.4 cm³/mol. The number of rotatable bonds is 1. The van der Waals surface area contributed by atoms with Crippen molar-refractivity contribution >= 4 is 21.6 Å². The van der Waals surface area contributed by atoms with Crippen LogP contribution in [-0.2, 0) is 6.54 Å². The quantitative estimate of drug-likeness (QED) is 0.553. The van der Waals surface area contributed by atoms with E-state index >= 15 is 0 Å². The van der Waals surface area contributed by atoms with E-state index < -0.39 is 0 Å². The molecule has 4 rings (SSSR count). The van der Waals surface area contributed by atoms with Gasteiger partial charge in [0.25, 0.3) is 0 Å². The molecule has 0 aromatic heterocycles. The summed E-state index contributed by atoms with van der Waals surface area (Å²) >= 11 is 3.60. The smallest absolute Gasteiger partial charge is 0.0729 e. The summed E-state index contributed by atoms with van der Waals surface area (Å²) in [6.07, 6.45) is 0. The minimum absolute atomic E-state index is 0.715. The molecule has 1 aliphatic heterocycles. The van der Waals surface area contributed by atoms with Gasteiger partial charge in [-0.3, -0.25) is 4.99 Å². The Morgan fingerprint density at radius 1 is 0.727 bits per heavy atom. The Hall–Kier alpha value is -2.19. The summed E-state index contributed by atoms with van der Waals surface area (Å²) in [5.41, 5.74) is 7.21. The van der Waals surface area contributed by atoms with Crippen LogP contribution in [0.25, 0.3) is 11.1 Å². The maximum absolute atomic E-state index is 4.91. The SMILES string of the molecule is Brc1ccc2c(c1)C(c1ccccc1)=NCc1ccccc1-2. The lowest BCUT2D eigenvalue weighted by Gasteiger charge is -2.12. The molecule has 0 bridgehead atoms. The fourth-order valence-corrected chi connectivity index (χ4v) is 3.32. The van der Waals surface area contributed by atoms with Crippen LogP contribution in [-0.4, -0.2) is 5.71 Å². The molecule has 0 saturated carbocycles. The second-order valence-corrected chi connectivity index (χ2v) is 6.29. The molecule has 0 fully saturated rings. The van der Waals surface area contributed by atoms with Crippen molar-refractivity contribution in [2.24, 2.45) is 4.99 Å². The highest BCUT2D eigenvalue weighted by molar-refractivity contribution is 9.10. The molecule has 0 aliphatic carbocycles. The van der Waals surface area contributed by atoms with Crippen LogP contribution in [0.5, 0.6) is 0 Å². The highest BCUT2D eigenvalue weighted by Crippen LogP contribution is 2.34. The van der Waals surface area contributed by atoms with Crippen molar-refractivity contribution in [1.82, 2.24) is 0 Å². The predicted octanol–water partition coefficient (Wildman–Crippen LogP) is 5.47. The number of halogens is 1. The molecule has 0 radical (unpaired) electrons. The third-order valence-electron chi connectivity index (χ3n) is 4.00. The van der Waals surface area contributed by atoms with Crippen molar-refractivity contribution < 1.29 is 0 Å². The first-order valence-corrected chi connectivity index (χ1v) is 8.10. The Morgan fingerprint density at radius 2 is 1.50 bits per heavy atom. The molecule has 0 spiro atoms. The Labute approximate surface area is 138 Å². The summed E-state index contributed by atoms with van der Waals surface area (Å²) in [6.45, 7) is 0.715. The average molecular weight is 348 g/mol. The molecule has 1 aliphatic rings. The maximum Gasteiger partial charge on any atom is 0.0729 e. The third-order valence-corrected chi connectivity index (χ3v) is 4.49. The van der Waals surface area contributed by atoms with Crippen molar-refractivity contribution in [3.63, 3.8) is 0 Å². The van der Waals surface area contributed by atoms with Gasteiger partial charge >= 0.3 is 0 Å². The van der Waals surface area contributed by atoms with E-state index in [2.05, 4.69) is 82.7 Å². The molecular weight excluding hydrogens is 334 g/mol. The second-order valence-electron chi connectivity index (χ2n) is 5.38. The van der Waals surface area contributed by atoms with Gasteiger partial charge < -0.3 is 0 Å². The van der Waals surface area contributed by atoms with Crippen LogP contribution in [0.1, 0.15) is 16.7 Å². The van der Waals surface area contributed by atoms with Crippen LogP contribution in [0.15, 0.2) is 82.3 Å². The summed E-state index contributed by atoms with van der Waals surface area (Å²) < 4.78 is 1.08. The minimum Gasteiger partial charge on any atom is -0.279 e. The van der Waals surface area contributed by atoms with Crippen molar-refractivity contribution in [3.05, 3.63) is 94.0 Å². The number of benzene rings is 3. The van der Waals surface area contributed by atoms with Crippen LogP contribution < -0.4 is 0 Å². The monoisotopic (exact) mass is 347 g/mol. The minimum atomic E-state index is 0.715. The van der Waals surface area contributed by atoms with Gasteiger partial charge in [-0.15, -0.1) is 0 Å². The third kappa shape index (κ3) is 2.30. The molecular formula is C20H14BrN. The van der Waals surface area contributed by atoms with Crippen molar-refractivity contribution in [1.29, 1.82) is 0 Å². The van der Waals surface area contributed by atoms with E-state index in [1.54, 1.807) is 0 Å². The number of hydrogen-bond acceptors (Lipinski definition) is 1. The fraction of sp³-hybridized carbons (Fsp3) is 0.0500. The number of fused-ring (bicyclic) bond motifs is 3. The maximum atomic E-state index is 4.91. The van der Waals surface area contributed by atoms with Crippen LogP contribution in [0.4, 0.5) is 0 Å². The molecule has 3 aromatic carbocycles. The van der Waals surface area contributed by atoms with Gasteiger partial charge in [0, 0.05) is 15.6 Å². The lowest BCUT2D eigenvalue weighted by Crippen LogP contribution is -2.04. The van der Waals surface area contributed by atoms with E-state index in [0.717, 1.165) is 15.7 Å². The van der Waals surface area contributed by atoms with E-state index in [4.69, 9.17) is 4.99 Å².